The number of amides is 2. The second kappa shape index (κ2) is 10.1. The fraction of sp³-hybridized carbons (Fsp3) is 0.360. The first-order valence-electron chi connectivity index (χ1n) is 11.5. The van der Waals surface area contributed by atoms with Gasteiger partial charge in [-0.2, -0.15) is 13.2 Å². The van der Waals surface area contributed by atoms with Crippen molar-refractivity contribution in [3.63, 3.8) is 0 Å². The zero-order valence-electron chi connectivity index (χ0n) is 20.4. The molecule has 1 aliphatic heterocycles. The minimum Gasteiger partial charge on any atom is -0.444 e. The summed E-state index contributed by atoms with van der Waals surface area (Å²) in [5, 5.41) is 5.58. The number of alkyl halides is 3. The molecule has 0 spiro atoms. The third-order valence-corrected chi connectivity index (χ3v) is 5.33. The summed E-state index contributed by atoms with van der Waals surface area (Å²) in [7, 11) is 0. The number of oxazole rings is 1. The summed E-state index contributed by atoms with van der Waals surface area (Å²) in [6.07, 6.45) is -3.29. The predicted octanol–water partition coefficient (Wildman–Crippen LogP) is 5.43. The number of hydrogen-bond acceptors (Lipinski definition) is 7. The van der Waals surface area contributed by atoms with Gasteiger partial charge in [0.15, 0.2) is 5.69 Å². The number of anilines is 2. The maximum atomic E-state index is 13.5. The normalized spacial score (nSPS) is 15.9. The van der Waals surface area contributed by atoms with Crippen molar-refractivity contribution >= 4 is 23.5 Å². The van der Waals surface area contributed by atoms with E-state index in [1.54, 1.807) is 49.9 Å². The maximum Gasteiger partial charge on any atom is 0.452 e. The van der Waals surface area contributed by atoms with Gasteiger partial charge in [-0.15, -0.1) is 0 Å². The van der Waals surface area contributed by atoms with Crippen LogP contribution in [0.1, 0.15) is 43.4 Å². The van der Waals surface area contributed by atoms with E-state index in [1.807, 2.05) is 0 Å². The van der Waals surface area contributed by atoms with Crippen molar-refractivity contribution in [2.45, 2.75) is 45.0 Å². The Morgan fingerprint density at radius 2 is 1.84 bits per heavy atom. The number of pyridine rings is 1. The highest BCUT2D eigenvalue weighted by atomic mass is 19.4. The van der Waals surface area contributed by atoms with E-state index >= 15 is 0 Å². The molecule has 196 valence electrons. The molecule has 0 aliphatic carbocycles. The number of nitrogens with one attached hydrogen (secondary N) is 2. The number of nitrogens with zero attached hydrogens (tertiary/aromatic N) is 3. The smallest absolute Gasteiger partial charge is 0.444 e. The summed E-state index contributed by atoms with van der Waals surface area (Å²) in [6.45, 7) is 6.37. The van der Waals surface area contributed by atoms with Crippen LogP contribution < -0.4 is 10.6 Å². The molecule has 4 rings (SSSR count). The SMILES string of the molecule is CC(C)(C)OC(=O)N1CC[C@H](Nc2ccc(NC(=O)c3nc(-c4ccccc4)oc3C(F)(F)F)cn2)C1. The highest BCUT2D eigenvalue weighted by molar-refractivity contribution is 6.04. The van der Waals surface area contributed by atoms with Crippen LogP contribution in [0.25, 0.3) is 11.5 Å². The van der Waals surface area contributed by atoms with Gasteiger partial charge in [0, 0.05) is 24.7 Å². The first-order valence-corrected chi connectivity index (χ1v) is 11.5. The van der Waals surface area contributed by atoms with Crippen molar-refractivity contribution in [1.29, 1.82) is 0 Å². The number of benzene rings is 1. The van der Waals surface area contributed by atoms with E-state index in [1.165, 1.54) is 24.4 Å². The minimum atomic E-state index is -4.91. The zero-order chi connectivity index (χ0) is 26.8. The van der Waals surface area contributed by atoms with Gasteiger partial charge in [-0.25, -0.2) is 14.8 Å². The summed E-state index contributed by atoms with van der Waals surface area (Å²) in [6, 6.07) is 11.0. The first kappa shape index (κ1) is 26.0. The Morgan fingerprint density at radius 3 is 2.46 bits per heavy atom. The lowest BCUT2D eigenvalue weighted by Gasteiger charge is -2.24. The Balaban J connectivity index is 1.40. The lowest BCUT2D eigenvalue weighted by molar-refractivity contribution is -0.153. The van der Waals surface area contributed by atoms with E-state index in [4.69, 9.17) is 9.15 Å². The first-order chi connectivity index (χ1) is 17.4. The van der Waals surface area contributed by atoms with E-state index in [0.29, 0.717) is 30.9 Å². The standard InChI is InChI=1S/C25H26F3N5O4/c1-24(2,3)37-23(35)33-12-11-17(14-33)30-18-10-9-16(13-29-18)31-21(34)19-20(25(26,27)28)36-22(32-19)15-7-5-4-6-8-15/h4-10,13,17H,11-12,14H2,1-3H3,(H,29,30)(H,31,34)/t17-/m0/s1. The largest absolute Gasteiger partial charge is 0.452 e. The van der Waals surface area contributed by atoms with Crippen molar-refractivity contribution in [3.8, 4) is 11.5 Å². The lowest BCUT2D eigenvalue weighted by atomic mass is 10.2. The number of carbonyl (C=O) groups excluding carboxylic acids is 2. The van der Waals surface area contributed by atoms with Crippen molar-refractivity contribution in [2.75, 3.05) is 23.7 Å². The van der Waals surface area contributed by atoms with Crippen LogP contribution in [-0.2, 0) is 10.9 Å². The van der Waals surface area contributed by atoms with Gasteiger partial charge in [0.1, 0.15) is 11.4 Å². The molecule has 1 atom stereocenters. The Kier molecular flexibility index (Phi) is 7.10. The second-order valence-electron chi connectivity index (χ2n) is 9.50. The molecule has 2 amide bonds. The molecule has 1 aromatic carbocycles. The van der Waals surface area contributed by atoms with Gasteiger partial charge in [0.25, 0.3) is 5.91 Å². The third kappa shape index (κ3) is 6.57. The molecule has 2 aromatic heterocycles. The second-order valence-corrected chi connectivity index (χ2v) is 9.50. The molecule has 3 aromatic rings. The van der Waals surface area contributed by atoms with Crippen LogP contribution in [0.5, 0.6) is 0 Å². The average Bonchev–Trinajstić information content (AvgIpc) is 3.48. The molecule has 9 nitrogen and oxygen atoms in total. The van der Waals surface area contributed by atoms with Crippen molar-refractivity contribution < 1.29 is 31.9 Å². The molecular weight excluding hydrogens is 491 g/mol. The van der Waals surface area contributed by atoms with Gasteiger partial charge in [0.05, 0.1) is 11.9 Å². The lowest BCUT2D eigenvalue weighted by Crippen LogP contribution is -2.36. The zero-order valence-corrected chi connectivity index (χ0v) is 20.4. The molecule has 1 fully saturated rings. The fourth-order valence-electron chi connectivity index (χ4n) is 3.69. The average molecular weight is 518 g/mol. The number of carbonyl (C=O) groups is 2. The molecule has 0 unspecified atom stereocenters. The molecule has 0 bridgehead atoms. The van der Waals surface area contributed by atoms with E-state index in [-0.39, 0.29) is 23.7 Å². The summed E-state index contributed by atoms with van der Waals surface area (Å²) in [5.41, 5.74) is -0.974. The monoisotopic (exact) mass is 517 g/mol. The summed E-state index contributed by atoms with van der Waals surface area (Å²) < 4.78 is 50.8. The van der Waals surface area contributed by atoms with Crippen LogP contribution >= 0.6 is 0 Å². The maximum absolute atomic E-state index is 13.5. The van der Waals surface area contributed by atoms with Gasteiger partial charge in [-0.05, 0) is 51.5 Å². The van der Waals surface area contributed by atoms with Gasteiger partial charge in [-0.1, -0.05) is 18.2 Å². The highest BCUT2D eigenvalue weighted by Gasteiger charge is 2.42. The number of rotatable bonds is 5. The topological polar surface area (TPSA) is 110 Å². The molecule has 0 saturated carbocycles. The molecule has 0 radical (unpaired) electrons. The van der Waals surface area contributed by atoms with Crippen LogP contribution in [0.4, 0.5) is 29.5 Å². The number of ether oxygens (including phenoxy) is 1. The van der Waals surface area contributed by atoms with E-state index in [2.05, 4.69) is 20.6 Å². The van der Waals surface area contributed by atoms with Crippen LogP contribution in [0.2, 0.25) is 0 Å². The fourth-order valence-corrected chi connectivity index (χ4v) is 3.69. The van der Waals surface area contributed by atoms with E-state index in [9.17, 15) is 22.8 Å². The highest BCUT2D eigenvalue weighted by Crippen LogP contribution is 2.35. The summed E-state index contributed by atoms with van der Waals surface area (Å²) in [4.78, 5) is 34.5. The van der Waals surface area contributed by atoms with Crippen molar-refractivity contribution in [3.05, 3.63) is 60.1 Å². The van der Waals surface area contributed by atoms with Gasteiger partial charge in [0.2, 0.25) is 11.7 Å². The summed E-state index contributed by atoms with van der Waals surface area (Å²) in [5.74, 6) is -2.39. The molecule has 12 heteroatoms. The van der Waals surface area contributed by atoms with Crippen LogP contribution in [0.15, 0.2) is 53.1 Å². The number of aromatic nitrogens is 2. The number of likely N-dealkylation sites (tertiary alicyclic amines) is 1. The van der Waals surface area contributed by atoms with E-state index < -0.39 is 29.1 Å². The molecule has 37 heavy (non-hydrogen) atoms. The van der Waals surface area contributed by atoms with Crippen LogP contribution in [0.3, 0.4) is 0 Å². The van der Waals surface area contributed by atoms with Gasteiger partial charge >= 0.3 is 12.3 Å². The molecule has 1 aliphatic rings. The number of halogens is 3. The van der Waals surface area contributed by atoms with Gasteiger partial charge < -0.3 is 24.7 Å². The number of hydrogen-bond donors (Lipinski definition) is 2. The summed E-state index contributed by atoms with van der Waals surface area (Å²) >= 11 is 0. The van der Waals surface area contributed by atoms with Crippen LogP contribution in [-0.4, -0.2) is 51.6 Å². The van der Waals surface area contributed by atoms with Gasteiger partial charge in [-0.3, -0.25) is 4.79 Å². The van der Waals surface area contributed by atoms with Crippen molar-refractivity contribution in [2.24, 2.45) is 0 Å². The Bertz CT molecular complexity index is 1250. The predicted molar refractivity (Wildman–Crippen MR) is 129 cm³/mol. The Hall–Kier alpha value is -4.09. The minimum absolute atomic E-state index is 0.0543. The van der Waals surface area contributed by atoms with Crippen LogP contribution in [0, 0.1) is 0 Å². The molecular formula is C25H26F3N5O4. The Morgan fingerprint density at radius 1 is 1.11 bits per heavy atom. The third-order valence-electron chi connectivity index (χ3n) is 5.33. The molecule has 3 heterocycles. The molecule has 1 saturated heterocycles. The molecule has 2 N–H and O–H groups in total. The van der Waals surface area contributed by atoms with Crippen molar-refractivity contribution in [1.82, 2.24) is 14.9 Å². The van der Waals surface area contributed by atoms with E-state index in [0.717, 1.165) is 0 Å². The quantitative estimate of drug-likeness (QED) is 0.465. The Labute approximate surface area is 211 Å².